The van der Waals surface area contributed by atoms with E-state index in [4.69, 9.17) is 0 Å². The summed E-state index contributed by atoms with van der Waals surface area (Å²) in [4.78, 5) is 11.3. The summed E-state index contributed by atoms with van der Waals surface area (Å²) in [5.41, 5.74) is 0.912. The Morgan fingerprint density at radius 3 is 2.81 bits per heavy atom. The summed E-state index contributed by atoms with van der Waals surface area (Å²) in [6.07, 6.45) is 1.12. The lowest BCUT2D eigenvalue weighted by atomic mass is 10.1. The fourth-order valence-corrected chi connectivity index (χ4v) is 3.38. The van der Waals surface area contributed by atoms with Gasteiger partial charge in [-0.05, 0) is 38.1 Å². The van der Waals surface area contributed by atoms with Gasteiger partial charge in [0.1, 0.15) is 0 Å². The molecule has 1 saturated heterocycles. The van der Waals surface area contributed by atoms with Gasteiger partial charge < -0.3 is 10.6 Å². The third kappa shape index (κ3) is 4.03. The van der Waals surface area contributed by atoms with Gasteiger partial charge in [0.2, 0.25) is 15.9 Å². The minimum Gasteiger partial charge on any atom is -0.352 e. The molecule has 1 aromatic carbocycles. The summed E-state index contributed by atoms with van der Waals surface area (Å²) in [6, 6.07) is 6.81. The van der Waals surface area contributed by atoms with Crippen LogP contribution in [-0.2, 0) is 14.8 Å². The van der Waals surface area contributed by atoms with E-state index >= 15 is 0 Å². The minimum atomic E-state index is -3.56. The second kappa shape index (κ2) is 6.55. The van der Waals surface area contributed by atoms with Crippen LogP contribution in [-0.4, -0.2) is 34.0 Å². The lowest BCUT2D eigenvalue weighted by Crippen LogP contribution is -2.38. The second-order valence-corrected chi connectivity index (χ2v) is 7.00. The molecule has 1 aromatic rings. The molecule has 0 bridgehead atoms. The number of carbonyl (C=O) groups excluding carboxylic acids is 1. The van der Waals surface area contributed by atoms with Gasteiger partial charge in [-0.3, -0.25) is 4.79 Å². The lowest BCUT2D eigenvalue weighted by molar-refractivity contribution is -0.119. The number of benzene rings is 1. The number of hydrogen-bond donors (Lipinski definition) is 3. The number of hydrogen-bond acceptors (Lipinski definition) is 4. The summed E-state index contributed by atoms with van der Waals surface area (Å²) in [7, 11) is -1.73. The molecular formula is C14H21N3O3S. The van der Waals surface area contributed by atoms with Crippen molar-refractivity contribution in [1.82, 2.24) is 15.4 Å². The minimum absolute atomic E-state index is 0.0240. The van der Waals surface area contributed by atoms with E-state index in [0.29, 0.717) is 12.8 Å². The monoisotopic (exact) mass is 311 g/mol. The van der Waals surface area contributed by atoms with Crippen molar-refractivity contribution in [2.24, 2.45) is 0 Å². The zero-order valence-corrected chi connectivity index (χ0v) is 13.0. The predicted octanol–water partition coefficient (Wildman–Crippen LogP) is 0.524. The molecular weight excluding hydrogens is 290 g/mol. The molecule has 2 rings (SSSR count). The van der Waals surface area contributed by atoms with Gasteiger partial charge in [-0.25, -0.2) is 13.1 Å². The average Bonchev–Trinajstić information content (AvgIpc) is 2.90. The zero-order valence-electron chi connectivity index (χ0n) is 12.2. The molecule has 2 atom stereocenters. The van der Waals surface area contributed by atoms with Crippen molar-refractivity contribution >= 4 is 15.9 Å². The normalized spacial score (nSPS) is 20.3. The Bertz CT molecular complexity index is 616. The van der Waals surface area contributed by atoms with Crippen molar-refractivity contribution in [1.29, 1.82) is 0 Å². The van der Waals surface area contributed by atoms with Crippen LogP contribution in [0.3, 0.4) is 0 Å². The van der Waals surface area contributed by atoms with Crippen LogP contribution in [0.5, 0.6) is 0 Å². The summed E-state index contributed by atoms with van der Waals surface area (Å²) in [5.74, 6) is -0.0240. The largest absolute Gasteiger partial charge is 0.352 e. The number of rotatable bonds is 6. The maximum atomic E-state index is 12.3. The molecule has 3 N–H and O–H groups in total. The van der Waals surface area contributed by atoms with Gasteiger partial charge in [-0.15, -0.1) is 0 Å². The molecule has 1 heterocycles. The fourth-order valence-electron chi connectivity index (χ4n) is 2.24. The number of amides is 1. The first-order valence-electron chi connectivity index (χ1n) is 6.98. The highest BCUT2D eigenvalue weighted by molar-refractivity contribution is 7.89. The molecule has 1 aliphatic rings. The van der Waals surface area contributed by atoms with Gasteiger partial charge in [0.05, 0.1) is 4.90 Å². The topological polar surface area (TPSA) is 87.3 Å². The molecule has 0 spiro atoms. The summed E-state index contributed by atoms with van der Waals surface area (Å²) >= 11 is 0. The molecule has 1 amide bonds. The summed E-state index contributed by atoms with van der Waals surface area (Å²) in [6.45, 7) is 2.19. The molecule has 0 aliphatic carbocycles. The first kappa shape index (κ1) is 15.9. The van der Waals surface area contributed by atoms with E-state index in [1.165, 1.54) is 0 Å². The highest BCUT2D eigenvalue weighted by Crippen LogP contribution is 2.17. The first-order valence-corrected chi connectivity index (χ1v) is 8.47. The summed E-state index contributed by atoms with van der Waals surface area (Å²) < 4.78 is 27.1. The van der Waals surface area contributed by atoms with Crippen molar-refractivity contribution in [3.8, 4) is 0 Å². The Morgan fingerprint density at radius 2 is 2.19 bits per heavy atom. The Kier molecular flexibility index (Phi) is 4.97. The highest BCUT2D eigenvalue weighted by atomic mass is 32.2. The van der Waals surface area contributed by atoms with E-state index in [1.807, 2.05) is 20.0 Å². The van der Waals surface area contributed by atoms with Crippen LogP contribution in [0, 0.1) is 0 Å². The molecule has 2 unspecified atom stereocenters. The van der Waals surface area contributed by atoms with Crippen molar-refractivity contribution in [3.05, 3.63) is 29.8 Å². The van der Waals surface area contributed by atoms with Crippen molar-refractivity contribution in [2.45, 2.75) is 36.7 Å². The lowest BCUT2D eigenvalue weighted by Gasteiger charge is -2.14. The molecule has 1 fully saturated rings. The smallest absolute Gasteiger partial charge is 0.240 e. The molecule has 0 saturated carbocycles. The van der Waals surface area contributed by atoms with Crippen molar-refractivity contribution in [2.75, 3.05) is 13.6 Å². The Labute approximate surface area is 125 Å². The number of sulfonamides is 1. The molecule has 1 aliphatic heterocycles. The molecule has 0 aromatic heterocycles. The SMILES string of the molecule is CNC(C)c1cccc(S(=O)(=O)NCC2CCC(=O)N2)c1. The van der Waals surface area contributed by atoms with Crippen LogP contribution in [0.25, 0.3) is 0 Å². The van der Waals surface area contributed by atoms with E-state index in [9.17, 15) is 13.2 Å². The number of nitrogens with one attached hydrogen (secondary N) is 3. The van der Waals surface area contributed by atoms with E-state index < -0.39 is 10.0 Å². The second-order valence-electron chi connectivity index (χ2n) is 5.24. The van der Waals surface area contributed by atoms with Gasteiger partial charge in [0.25, 0.3) is 0 Å². The van der Waals surface area contributed by atoms with E-state index in [-0.39, 0.29) is 29.4 Å². The van der Waals surface area contributed by atoms with Crippen LogP contribution in [0.2, 0.25) is 0 Å². The van der Waals surface area contributed by atoms with Crippen LogP contribution in [0.1, 0.15) is 31.4 Å². The van der Waals surface area contributed by atoms with E-state index in [2.05, 4.69) is 15.4 Å². The summed E-state index contributed by atoms with van der Waals surface area (Å²) in [5, 5.41) is 5.82. The third-order valence-electron chi connectivity index (χ3n) is 3.71. The van der Waals surface area contributed by atoms with Gasteiger partial charge in [0, 0.05) is 25.0 Å². The standard InChI is InChI=1S/C14H21N3O3S/c1-10(15-2)11-4-3-5-13(8-11)21(19,20)16-9-12-6-7-14(18)17-12/h3-5,8,10,12,15-16H,6-7,9H2,1-2H3,(H,17,18). The Hall–Kier alpha value is -1.44. The fraction of sp³-hybridized carbons (Fsp3) is 0.500. The number of carbonyl (C=O) groups is 1. The predicted molar refractivity (Wildman–Crippen MR) is 80.3 cm³/mol. The van der Waals surface area contributed by atoms with Gasteiger partial charge in [-0.2, -0.15) is 0 Å². The quantitative estimate of drug-likeness (QED) is 0.715. The maximum absolute atomic E-state index is 12.3. The average molecular weight is 311 g/mol. The van der Waals surface area contributed by atoms with Crippen molar-refractivity contribution < 1.29 is 13.2 Å². The molecule has 21 heavy (non-hydrogen) atoms. The molecule has 7 heteroatoms. The Balaban J connectivity index is 2.06. The van der Waals surface area contributed by atoms with Crippen molar-refractivity contribution in [3.63, 3.8) is 0 Å². The first-order chi connectivity index (χ1) is 9.92. The molecule has 6 nitrogen and oxygen atoms in total. The van der Waals surface area contributed by atoms with Crippen LogP contribution >= 0.6 is 0 Å². The van der Waals surface area contributed by atoms with Crippen LogP contribution < -0.4 is 15.4 Å². The van der Waals surface area contributed by atoms with E-state index in [0.717, 1.165) is 5.56 Å². The van der Waals surface area contributed by atoms with Gasteiger partial charge >= 0.3 is 0 Å². The van der Waals surface area contributed by atoms with Gasteiger partial charge in [-0.1, -0.05) is 12.1 Å². The van der Waals surface area contributed by atoms with Crippen LogP contribution in [0.15, 0.2) is 29.2 Å². The molecule has 116 valence electrons. The van der Waals surface area contributed by atoms with Crippen LogP contribution in [0.4, 0.5) is 0 Å². The zero-order chi connectivity index (χ0) is 15.5. The maximum Gasteiger partial charge on any atom is 0.240 e. The van der Waals surface area contributed by atoms with E-state index in [1.54, 1.807) is 18.2 Å². The Morgan fingerprint density at radius 1 is 1.43 bits per heavy atom. The molecule has 0 radical (unpaired) electrons. The third-order valence-corrected chi connectivity index (χ3v) is 5.13. The highest BCUT2D eigenvalue weighted by Gasteiger charge is 2.23. The van der Waals surface area contributed by atoms with Gasteiger partial charge in [0.15, 0.2) is 0 Å².